The summed E-state index contributed by atoms with van der Waals surface area (Å²) in [6, 6.07) is 4.39. The second kappa shape index (κ2) is 8.55. The molecule has 3 aliphatic rings. The maximum absolute atomic E-state index is 10.5. The van der Waals surface area contributed by atoms with E-state index >= 15 is 0 Å². The number of hydrogen-bond donors (Lipinski definition) is 4. The maximum Gasteiger partial charge on any atom is 0.229 e. The second-order valence-corrected chi connectivity index (χ2v) is 11.4. The molecule has 4 rings (SSSR count). The van der Waals surface area contributed by atoms with Crippen LogP contribution in [0.15, 0.2) is 12.1 Å². The molecule has 7 atom stereocenters. The van der Waals surface area contributed by atoms with Crippen LogP contribution in [0, 0.1) is 11.3 Å². The minimum absolute atomic E-state index is 0.0678. The zero-order chi connectivity index (χ0) is 23.4. The number of aliphatic hydroxyl groups is 4. The van der Waals surface area contributed by atoms with Gasteiger partial charge in [0.05, 0.1) is 6.61 Å². The number of fused-ring (bicyclic) bond motifs is 3. The molecule has 1 heterocycles. The Morgan fingerprint density at radius 2 is 1.78 bits per heavy atom. The van der Waals surface area contributed by atoms with Crippen LogP contribution >= 0.6 is 0 Å². The zero-order valence-corrected chi connectivity index (χ0v) is 20.0. The molecule has 32 heavy (non-hydrogen) atoms. The Labute approximate surface area is 191 Å². The van der Waals surface area contributed by atoms with Crippen LogP contribution in [0.3, 0.4) is 0 Å². The molecule has 0 radical (unpaired) electrons. The highest BCUT2D eigenvalue weighted by Gasteiger charge is 2.50. The van der Waals surface area contributed by atoms with Crippen molar-refractivity contribution in [3.05, 3.63) is 28.8 Å². The zero-order valence-electron chi connectivity index (χ0n) is 20.0. The van der Waals surface area contributed by atoms with Crippen LogP contribution in [0.2, 0.25) is 0 Å². The number of hydrogen-bond acceptors (Lipinski definition) is 6. The average Bonchev–Trinajstić information content (AvgIpc) is 2.73. The molecule has 2 fully saturated rings. The SMILES string of the molecule is CC(C)c1cc2c(cc1O[C@@H]1O[C@H](CO)[C@H](O)[C@H](O)[C@H]1O)[C@@]1(C)CCCC(C)(C)[C@@H]1CC2. The summed E-state index contributed by atoms with van der Waals surface area (Å²) in [6.45, 7) is 10.9. The number of aryl methyl sites for hydroxylation is 1. The first-order chi connectivity index (χ1) is 15.0. The Morgan fingerprint density at radius 3 is 2.44 bits per heavy atom. The lowest BCUT2D eigenvalue weighted by atomic mass is 9.50. The molecule has 0 unspecified atom stereocenters. The Hall–Kier alpha value is -1.18. The molecule has 0 aromatic heterocycles. The van der Waals surface area contributed by atoms with E-state index in [-0.39, 0.29) is 11.3 Å². The van der Waals surface area contributed by atoms with Crippen molar-refractivity contribution in [1.82, 2.24) is 0 Å². The van der Waals surface area contributed by atoms with Gasteiger partial charge >= 0.3 is 0 Å². The van der Waals surface area contributed by atoms with E-state index in [0.29, 0.717) is 17.1 Å². The van der Waals surface area contributed by atoms with Gasteiger partial charge in [0.1, 0.15) is 30.2 Å². The van der Waals surface area contributed by atoms with Gasteiger partial charge in [0, 0.05) is 0 Å². The van der Waals surface area contributed by atoms with Gasteiger partial charge in [-0.15, -0.1) is 0 Å². The quantitative estimate of drug-likeness (QED) is 0.565. The van der Waals surface area contributed by atoms with Crippen molar-refractivity contribution in [3.8, 4) is 5.75 Å². The van der Waals surface area contributed by atoms with E-state index in [2.05, 4.69) is 46.8 Å². The summed E-state index contributed by atoms with van der Waals surface area (Å²) in [5.74, 6) is 1.45. The topological polar surface area (TPSA) is 99.4 Å². The number of rotatable bonds is 4. The normalized spacial score (nSPS) is 38.8. The Balaban J connectivity index is 1.73. The van der Waals surface area contributed by atoms with Crippen molar-refractivity contribution < 1.29 is 29.9 Å². The van der Waals surface area contributed by atoms with Gasteiger partial charge in [0.15, 0.2) is 0 Å². The lowest BCUT2D eigenvalue weighted by molar-refractivity contribution is -0.277. The lowest BCUT2D eigenvalue weighted by Gasteiger charge is -2.54. The van der Waals surface area contributed by atoms with E-state index in [0.717, 1.165) is 18.4 Å². The van der Waals surface area contributed by atoms with Crippen LogP contribution in [-0.2, 0) is 16.6 Å². The van der Waals surface area contributed by atoms with Crippen LogP contribution in [0.25, 0.3) is 0 Å². The average molecular weight is 449 g/mol. The predicted octanol–water partition coefficient (Wildman–Crippen LogP) is 3.02. The van der Waals surface area contributed by atoms with Crippen molar-refractivity contribution in [1.29, 1.82) is 0 Å². The number of ether oxygens (including phenoxy) is 2. The number of aliphatic hydroxyl groups excluding tert-OH is 4. The molecule has 6 heteroatoms. The third kappa shape index (κ3) is 3.88. The molecule has 4 N–H and O–H groups in total. The molecular weight excluding hydrogens is 408 g/mol. The van der Waals surface area contributed by atoms with Gasteiger partial charge in [0.2, 0.25) is 6.29 Å². The predicted molar refractivity (Wildman–Crippen MR) is 122 cm³/mol. The van der Waals surface area contributed by atoms with E-state index in [1.54, 1.807) is 0 Å². The van der Waals surface area contributed by atoms with Gasteiger partial charge in [-0.25, -0.2) is 0 Å². The molecule has 1 aromatic carbocycles. The van der Waals surface area contributed by atoms with Crippen molar-refractivity contribution in [2.75, 3.05) is 6.61 Å². The molecule has 1 aromatic rings. The van der Waals surface area contributed by atoms with E-state index in [1.165, 1.54) is 30.4 Å². The monoisotopic (exact) mass is 448 g/mol. The first-order valence-electron chi connectivity index (χ1n) is 12.1. The van der Waals surface area contributed by atoms with Crippen LogP contribution in [0.4, 0.5) is 0 Å². The molecule has 180 valence electrons. The first kappa shape index (κ1) is 24.0. The summed E-state index contributed by atoms with van der Waals surface area (Å²) in [5, 5.41) is 40.3. The summed E-state index contributed by atoms with van der Waals surface area (Å²) in [5.41, 5.74) is 4.10. The first-order valence-corrected chi connectivity index (χ1v) is 12.1. The second-order valence-electron chi connectivity index (χ2n) is 11.4. The molecular formula is C26H40O6. The fraction of sp³-hybridized carbons (Fsp3) is 0.769. The smallest absolute Gasteiger partial charge is 0.229 e. The molecule has 0 amide bonds. The van der Waals surface area contributed by atoms with E-state index in [9.17, 15) is 20.4 Å². The molecule has 6 nitrogen and oxygen atoms in total. The molecule has 1 aliphatic heterocycles. The van der Waals surface area contributed by atoms with Gasteiger partial charge in [-0.2, -0.15) is 0 Å². The highest BCUT2D eigenvalue weighted by Crippen LogP contribution is 2.57. The standard InChI is InChI=1S/C26H40O6/c1-14(2)16-11-15-7-8-20-25(3,4)9-6-10-26(20,5)17(15)12-18(16)31-24-23(30)22(29)21(28)19(13-27)32-24/h11-12,14,19-24,27-30H,6-10,13H2,1-5H3/t19-,20+,21+,22+,23-,24-,26-/m1/s1. The fourth-order valence-corrected chi connectivity index (χ4v) is 6.68. The van der Waals surface area contributed by atoms with E-state index < -0.39 is 37.3 Å². The minimum Gasteiger partial charge on any atom is -0.462 e. The highest BCUT2D eigenvalue weighted by atomic mass is 16.7. The van der Waals surface area contributed by atoms with Crippen molar-refractivity contribution in [3.63, 3.8) is 0 Å². The van der Waals surface area contributed by atoms with Gasteiger partial charge in [-0.3, -0.25) is 0 Å². The molecule has 1 saturated heterocycles. The third-order valence-electron chi connectivity index (χ3n) is 8.50. The van der Waals surface area contributed by atoms with Gasteiger partial charge in [0.25, 0.3) is 0 Å². The van der Waals surface area contributed by atoms with Crippen LogP contribution in [-0.4, -0.2) is 57.7 Å². The van der Waals surface area contributed by atoms with Gasteiger partial charge in [-0.1, -0.05) is 47.1 Å². The van der Waals surface area contributed by atoms with Crippen LogP contribution in [0.1, 0.15) is 82.9 Å². The summed E-state index contributed by atoms with van der Waals surface area (Å²) >= 11 is 0. The van der Waals surface area contributed by atoms with Crippen LogP contribution in [0.5, 0.6) is 5.75 Å². The Morgan fingerprint density at radius 1 is 1.06 bits per heavy atom. The lowest BCUT2D eigenvalue weighted by Crippen LogP contribution is -2.60. The van der Waals surface area contributed by atoms with Crippen molar-refractivity contribution in [2.45, 2.75) is 109 Å². The Bertz CT molecular complexity index is 834. The van der Waals surface area contributed by atoms with E-state index in [1.807, 2.05) is 0 Å². The van der Waals surface area contributed by atoms with E-state index in [4.69, 9.17) is 9.47 Å². The van der Waals surface area contributed by atoms with Gasteiger partial charge < -0.3 is 29.9 Å². The molecule has 0 bridgehead atoms. The summed E-state index contributed by atoms with van der Waals surface area (Å²) in [7, 11) is 0. The molecule has 1 saturated carbocycles. The summed E-state index contributed by atoms with van der Waals surface area (Å²) < 4.78 is 11.8. The third-order valence-corrected chi connectivity index (χ3v) is 8.50. The fourth-order valence-electron chi connectivity index (χ4n) is 6.68. The molecule has 0 spiro atoms. The number of benzene rings is 1. The molecule has 2 aliphatic carbocycles. The maximum atomic E-state index is 10.5. The van der Waals surface area contributed by atoms with Gasteiger partial charge in [-0.05, 0) is 71.1 Å². The van der Waals surface area contributed by atoms with Crippen molar-refractivity contribution >= 4 is 0 Å². The van der Waals surface area contributed by atoms with Crippen molar-refractivity contribution in [2.24, 2.45) is 11.3 Å². The highest BCUT2D eigenvalue weighted by molar-refractivity contribution is 5.49. The Kier molecular flexibility index (Phi) is 6.40. The summed E-state index contributed by atoms with van der Waals surface area (Å²) in [6.07, 6.45) is -0.570. The summed E-state index contributed by atoms with van der Waals surface area (Å²) in [4.78, 5) is 0. The minimum atomic E-state index is -1.45. The van der Waals surface area contributed by atoms with Crippen LogP contribution < -0.4 is 4.74 Å². The largest absolute Gasteiger partial charge is 0.462 e.